The molecule has 9 nitrogen and oxygen atoms in total. The zero-order chi connectivity index (χ0) is 18.6. The molecule has 0 radical (unpaired) electrons. The van der Waals surface area contributed by atoms with Crippen LogP contribution in [0.15, 0.2) is 35.1 Å². The molecule has 27 heavy (non-hydrogen) atoms. The van der Waals surface area contributed by atoms with Gasteiger partial charge in [0, 0.05) is 39.0 Å². The van der Waals surface area contributed by atoms with E-state index in [4.69, 9.17) is 4.52 Å². The van der Waals surface area contributed by atoms with Crippen molar-refractivity contribution in [1.82, 2.24) is 30.2 Å². The highest BCUT2D eigenvalue weighted by atomic mass is 19.1. The van der Waals surface area contributed by atoms with E-state index in [1.807, 2.05) is 11.0 Å². The van der Waals surface area contributed by atoms with Crippen molar-refractivity contribution >= 4 is 11.6 Å². The van der Waals surface area contributed by atoms with Crippen LogP contribution in [0.5, 0.6) is 0 Å². The number of aromatic amines is 1. The number of anilines is 1. The minimum atomic E-state index is -0.240. The lowest BCUT2D eigenvalue weighted by atomic mass is 10.2. The summed E-state index contributed by atoms with van der Waals surface area (Å²) in [5.41, 5.74) is 0.579. The molecule has 1 aromatic carbocycles. The number of carbonyl (C=O) groups excluding carboxylic acids is 1. The number of rotatable bonds is 5. The second-order valence-electron chi connectivity index (χ2n) is 6.17. The van der Waals surface area contributed by atoms with Crippen molar-refractivity contribution in [2.75, 3.05) is 31.1 Å². The maximum atomic E-state index is 13.9. The number of H-pyrrole nitrogens is 1. The van der Waals surface area contributed by atoms with Crippen LogP contribution >= 0.6 is 0 Å². The van der Waals surface area contributed by atoms with Crippen molar-refractivity contribution in [2.24, 2.45) is 0 Å². The number of halogens is 1. The summed E-state index contributed by atoms with van der Waals surface area (Å²) in [6.45, 7) is 2.31. The van der Waals surface area contributed by atoms with Crippen LogP contribution in [0, 0.1) is 5.82 Å². The Morgan fingerprint density at radius 3 is 2.78 bits per heavy atom. The van der Waals surface area contributed by atoms with Gasteiger partial charge in [-0.2, -0.15) is 10.1 Å². The summed E-state index contributed by atoms with van der Waals surface area (Å²) < 4.78 is 19.0. The maximum absolute atomic E-state index is 13.9. The summed E-state index contributed by atoms with van der Waals surface area (Å²) in [5, 5.41) is 10.2. The molecule has 10 heteroatoms. The lowest BCUT2D eigenvalue weighted by molar-refractivity contribution is -0.131. The smallest absolute Gasteiger partial charge is 0.239 e. The molecule has 0 spiro atoms. The third-order valence-electron chi connectivity index (χ3n) is 4.47. The second kappa shape index (κ2) is 7.52. The fourth-order valence-electron chi connectivity index (χ4n) is 3.04. The molecule has 1 amide bonds. The van der Waals surface area contributed by atoms with Crippen LogP contribution in [0.4, 0.5) is 10.1 Å². The Balaban J connectivity index is 1.28. The standard InChI is InChI=1S/C17H18FN7O2/c18-12-3-1-2-4-13(12)24-7-9-25(10-8-24)15(26)6-5-14-21-17(23-27-14)16-19-11-20-22-16/h1-4,11H,5-10H2,(H,19,20,22). The summed E-state index contributed by atoms with van der Waals surface area (Å²) >= 11 is 0. The lowest BCUT2D eigenvalue weighted by Crippen LogP contribution is -2.49. The number of nitrogens with one attached hydrogen (secondary N) is 1. The number of hydrogen-bond donors (Lipinski definition) is 1. The Morgan fingerprint density at radius 1 is 1.22 bits per heavy atom. The van der Waals surface area contributed by atoms with Gasteiger partial charge in [-0.15, -0.1) is 0 Å². The fraction of sp³-hybridized carbons (Fsp3) is 0.353. The average molecular weight is 371 g/mol. The molecule has 0 atom stereocenters. The van der Waals surface area contributed by atoms with Gasteiger partial charge in [-0.1, -0.05) is 17.3 Å². The summed E-state index contributed by atoms with van der Waals surface area (Å²) in [4.78, 5) is 24.3. The van der Waals surface area contributed by atoms with Crippen LogP contribution in [0.2, 0.25) is 0 Å². The van der Waals surface area contributed by atoms with Gasteiger partial charge in [0.25, 0.3) is 0 Å². The van der Waals surface area contributed by atoms with Gasteiger partial charge in [0.2, 0.25) is 17.6 Å². The molecule has 3 heterocycles. The number of para-hydroxylation sites is 1. The molecule has 1 N–H and O–H groups in total. The zero-order valence-corrected chi connectivity index (χ0v) is 14.5. The van der Waals surface area contributed by atoms with E-state index in [9.17, 15) is 9.18 Å². The van der Waals surface area contributed by atoms with Gasteiger partial charge < -0.3 is 14.3 Å². The zero-order valence-electron chi connectivity index (χ0n) is 14.5. The number of hydrogen-bond acceptors (Lipinski definition) is 7. The molecular formula is C17H18FN7O2. The second-order valence-corrected chi connectivity index (χ2v) is 6.17. The van der Waals surface area contributed by atoms with E-state index < -0.39 is 0 Å². The Hall–Kier alpha value is -3.30. The molecule has 1 aliphatic heterocycles. The van der Waals surface area contributed by atoms with Crippen molar-refractivity contribution in [3.63, 3.8) is 0 Å². The number of benzene rings is 1. The minimum Gasteiger partial charge on any atom is -0.366 e. The van der Waals surface area contributed by atoms with Crippen LogP contribution in [-0.4, -0.2) is 62.3 Å². The SMILES string of the molecule is O=C(CCc1nc(-c2ncn[nH]2)no1)N1CCN(c2ccccc2F)CC1. The van der Waals surface area contributed by atoms with E-state index in [1.165, 1.54) is 12.4 Å². The normalized spacial score (nSPS) is 14.6. The highest BCUT2D eigenvalue weighted by molar-refractivity contribution is 5.76. The van der Waals surface area contributed by atoms with Crippen molar-refractivity contribution in [3.8, 4) is 11.6 Å². The Labute approximate surface area is 154 Å². The predicted octanol–water partition coefficient (Wildman–Crippen LogP) is 1.28. The van der Waals surface area contributed by atoms with Crippen LogP contribution < -0.4 is 4.90 Å². The third kappa shape index (κ3) is 3.78. The van der Waals surface area contributed by atoms with Crippen LogP contribution in [0.25, 0.3) is 11.6 Å². The highest BCUT2D eigenvalue weighted by Crippen LogP contribution is 2.20. The molecule has 1 fully saturated rings. The average Bonchev–Trinajstić information content (AvgIpc) is 3.38. The highest BCUT2D eigenvalue weighted by Gasteiger charge is 2.23. The number of aromatic nitrogens is 5. The first kappa shape index (κ1) is 17.1. The van der Waals surface area contributed by atoms with E-state index in [2.05, 4.69) is 25.3 Å². The molecule has 1 aliphatic rings. The van der Waals surface area contributed by atoms with Crippen molar-refractivity contribution in [2.45, 2.75) is 12.8 Å². The van der Waals surface area contributed by atoms with Gasteiger partial charge in [0.1, 0.15) is 12.1 Å². The van der Waals surface area contributed by atoms with Crippen molar-refractivity contribution in [1.29, 1.82) is 0 Å². The molecule has 140 valence electrons. The summed E-state index contributed by atoms with van der Waals surface area (Å²) in [7, 11) is 0. The summed E-state index contributed by atoms with van der Waals surface area (Å²) in [5.74, 6) is 0.882. The molecule has 2 aromatic heterocycles. The number of amides is 1. The Bertz CT molecular complexity index is 904. The molecule has 0 unspecified atom stereocenters. The monoisotopic (exact) mass is 371 g/mol. The van der Waals surface area contributed by atoms with E-state index in [-0.39, 0.29) is 18.1 Å². The van der Waals surface area contributed by atoms with E-state index >= 15 is 0 Å². The van der Waals surface area contributed by atoms with Gasteiger partial charge in [0.05, 0.1) is 5.69 Å². The van der Waals surface area contributed by atoms with Crippen LogP contribution in [-0.2, 0) is 11.2 Å². The predicted molar refractivity (Wildman–Crippen MR) is 93.2 cm³/mol. The molecular weight excluding hydrogens is 353 g/mol. The van der Waals surface area contributed by atoms with Gasteiger partial charge in [-0.3, -0.25) is 9.89 Å². The van der Waals surface area contributed by atoms with Crippen molar-refractivity contribution < 1.29 is 13.7 Å². The largest absolute Gasteiger partial charge is 0.366 e. The van der Waals surface area contributed by atoms with Crippen molar-refractivity contribution in [3.05, 3.63) is 42.3 Å². The molecule has 0 aliphatic carbocycles. The molecule has 4 rings (SSSR count). The van der Waals surface area contributed by atoms with Gasteiger partial charge >= 0.3 is 0 Å². The number of aryl methyl sites for hydroxylation is 1. The topological polar surface area (TPSA) is 104 Å². The number of nitrogens with zero attached hydrogens (tertiary/aromatic N) is 6. The number of carbonyl (C=O) groups is 1. The third-order valence-corrected chi connectivity index (χ3v) is 4.47. The Kier molecular flexibility index (Phi) is 4.77. The van der Waals surface area contributed by atoms with Gasteiger partial charge in [0.15, 0.2) is 5.82 Å². The molecule has 1 saturated heterocycles. The molecule has 0 bridgehead atoms. The summed E-state index contributed by atoms with van der Waals surface area (Å²) in [6.07, 6.45) is 1.99. The van der Waals surface area contributed by atoms with E-state index in [1.54, 1.807) is 17.0 Å². The summed E-state index contributed by atoms with van der Waals surface area (Å²) in [6, 6.07) is 6.69. The van der Waals surface area contributed by atoms with E-state index in [0.29, 0.717) is 55.8 Å². The molecule has 0 saturated carbocycles. The number of piperazine rings is 1. The van der Waals surface area contributed by atoms with Crippen LogP contribution in [0.1, 0.15) is 12.3 Å². The van der Waals surface area contributed by atoms with Gasteiger partial charge in [-0.05, 0) is 12.1 Å². The first-order valence-electron chi connectivity index (χ1n) is 8.66. The molecule has 3 aromatic rings. The minimum absolute atomic E-state index is 0.0163. The first-order chi connectivity index (χ1) is 13.2. The maximum Gasteiger partial charge on any atom is 0.239 e. The van der Waals surface area contributed by atoms with Crippen LogP contribution in [0.3, 0.4) is 0 Å². The first-order valence-corrected chi connectivity index (χ1v) is 8.66. The Morgan fingerprint density at radius 2 is 2.04 bits per heavy atom. The quantitative estimate of drug-likeness (QED) is 0.720. The fourth-order valence-corrected chi connectivity index (χ4v) is 3.04. The van der Waals surface area contributed by atoms with E-state index in [0.717, 1.165) is 0 Å². The van der Waals surface area contributed by atoms with Gasteiger partial charge in [-0.25, -0.2) is 9.37 Å². The lowest BCUT2D eigenvalue weighted by Gasteiger charge is -2.36.